The van der Waals surface area contributed by atoms with Gasteiger partial charge in [0.2, 0.25) is 0 Å². The van der Waals surface area contributed by atoms with Gasteiger partial charge in [-0.1, -0.05) is 13.5 Å². The van der Waals surface area contributed by atoms with Crippen molar-refractivity contribution in [3.05, 3.63) is 11.5 Å². The molecule has 0 amide bonds. The Hall–Kier alpha value is -0.440. The second-order valence-corrected chi connectivity index (χ2v) is 2.71. The van der Waals surface area contributed by atoms with Crippen molar-refractivity contribution >= 4 is 17.7 Å². The topological polar surface area (TPSA) is 26.3 Å². The maximum atomic E-state index is 10.6. The summed E-state index contributed by atoms with van der Waals surface area (Å²) in [7, 11) is 1.35. The summed E-state index contributed by atoms with van der Waals surface area (Å²) in [5, 5.41) is 0. The van der Waals surface area contributed by atoms with Gasteiger partial charge in [0.15, 0.2) is 0 Å². The number of thioether (sulfide) groups is 1. The van der Waals surface area contributed by atoms with Crippen molar-refractivity contribution in [2.45, 2.75) is 6.92 Å². The van der Waals surface area contributed by atoms with Crippen molar-refractivity contribution in [1.29, 1.82) is 0 Å². The molecule has 0 N–H and O–H groups in total. The molecule has 0 heterocycles. The molecule has 9 heavy (non-hydrogen) atoms. The Morgan fingerprint density at radius 3 is 2.67 bits per heavy atom. The van der Waals surface area contributed by atoms with E-state index in [1.165, 1.54) is 18.9 Å². The molecule has 3 heteroatoms. The summed E-state index contributed by atoms with van der Waals surface area (Å²) in [5.74, 6) is 0.523. The lowest BCUT2D eigenvalue weighted by Crippen LogP contribution is -2.00. The van der Waals surface area contributed by atoms with Crippen LogP contribution in [-0.4, -0.2) is 18.8 Å². The molecule has 0 radical (unpaired) electrons. The first kappa shape index (κ1) is 8.56. The minimum Gasteiger partial charge on any atom is -0.465 e. The van der Waals surface area contributed by atoms with E-state index >= 15 is 0 Å². The van der Waals surface area contributed by atoms with Crippen LogP contribution in [0, 0.1) is 0 Å². The summed E-state index contributed by atoms with van der Waals surface area (Å²) >= 11 is 1.39. The van der Waals surface area contributed by atoms with E-state index in [9.17, 15) is 4.79 Å². The first-order valence-electron chi connectivity index (χ1n) is 2.62. The summed E-state index contributed by atoms with van der Waals surface area (Å²) in [6.07, 6.45) is 0. The molecule has 2 nitrogen and oxygen atoms in total. The molecule has 0 fully saturated rings. The fourth-order valence-corrected chi connectivity index (χ4v) is 0.897. The lowest BCUT2D eigenvalue weighted by molar-refractivity contribution is -0.135. The first-order valence-corrected chi connectivity index (χ1v) is 3.61. The largest absolute Gasteiger partial charge is 0.465 e. The smallest absolute Gasteiger partial charge is 0.343 e. The molecule has 0 unspecified atom stereocenters. The molecule has 0 aromatic carbocycles. The molecule has 52 valence electrons. The van der Waals surface area contributed by atoms with Crippen molar-refractivity contribution in [2.24, 2.45) is 0 Å². The van der Waals surface area contributed by atoms with Crippen molar-refractivity contribution in [1.82, 2.24) is 0 Å². The third kappa shape index (κ3) is 3.19. The number of ether oxygens (including phenoxy) is 1. The van der Waals surface area contributed by atoms with Gasteiger partial charge in [0.05, 0.1) is 12.0 Å². The molecule has 0 saturated carbocycles. The summed E-state index contributed by atoms with van der Waals surface area (Å²) in [4.78, 5) is 11.0. The van der Waals surface area contributed by atoms with E-state index in [1.54, 1.807) is 0 Å². The van der Waals surface area contributed by atoms with Gasteiger partial charge in [0, 0.05) is 0 Å². The van der Waals surface area contributed by atoms with Gasteiger partial charge in [-0.25, -0.2) is 4.79 Å². The third-order valence-corrected chi connectivity index (χ3v) is 1.54. The van der Waals surface area contributed by atoms with Crippen molar-refractivity contribution in [2.75, 3.05) is 12.9 Å². The van der Waals surface area contributed by atoms with Crippen molar-refractivity contribution < 1.29 is 9.53 Å². The standard InChI is InChI=1S/C6H10O2S/c1-4-9-5(2)6(7)8-3/h2,4H2,1,3H3. The zero-order chi connectivity index (χ0) is 7.28. The number of carbonyl (C=O) groups excluding carboxylic acids is 1. The average Bonchev–Trinajstić information content (AvgIpc) is 1.87. The predicted octanol–water partition coefficient (Wildman–Crippen LogP) is 1.43. The Morgan fingerprint density at radius 1 is 1.78 bits per heavy atom. The predicted molar refractivity (Wildman–Crippen MR) is 39.3 cm³/mol. The summed E-state index contributed by atoms with van der Waals surface area (Å²) < 4.78 is 4.41. The molecule has 0 aromatic rings. The van der Waals surface area contributed by atoms with Gasteiger partial charge in [-0.15, -0.1) is 11.8 Å². The molecular formula is C6H10O2S. The Morgan fingerprint density at radius 2 is 2.33 bits per heavy atom. The molecule has 0 rings (SSSR count). The third-order valence-electron chi connectivity index (χ3n) is 0.732. The maximum Gasteiger partial charge on any atom is 0.343 e. The van der Waals surface area contributed by atoms with E-state index in [1.807, 2.05) is 6.92 Å². The minimum atomic E-state index is -0.332. The van der Waals surface area contributed by atoms with Crippen LogP contribution in [0.5, 0.6) is 0 Å². The molecule has 0 aliphatic heterocycles. The lowest BCUT2D eigenvalue weighted by Gasteiger charge is -1.98. The second kappa shape index (κ2) is 4.44. The molecule has 0 aromatic heterocycles. The van der Waals surface area contributed by atoms with Gasteiger partial charge in [0.1, 0.15) is 0 Å². The van der Waals surface area contributed by atoms with Crippen molar-refractivity contribution in [3.63, 3.8) is 0 Å². The number of hydrogen-bond acceptors (Lipinski definition) is 3. The van der Waals surface area contributed by atoms with Gasteiger partial charge >= 0.3 is 5.97 Å². The Balaban J connectivity index is 3.60. The van der Waals surface area contributed by atoms with Crippen molar-refractivity contribution in [3.8, 4) is 0 Å². The van der Waals surface area contributed by atoms with Crippen LogP contribution in [0.3, 0.4) is 0 Å². The first-order chi connectivity index (χ1) is 4.22. The zero-order valence-corrected chi connectivity index (χ0v) is 6.46. The molecule has 0 aliphatic rings. The monoisotopic (exact) mass is 146 g/mol. The Kier molecular flexibility index (Phi) is 4.22. The van der Waals surface area contributed by atoms with E-state index in [0.29, 0.717) is 4.91 Å². The van der Waals surface area contributed by atoms with Crippen LogP contribution in [0.4, 0.5) is 0 Å². The molecule has 0 atom stereocenters. The SMILES string of the molecule is C=C(SCC)C(=O)OC. The normalized spacial score (nSPS) is 8.67. The van der Waals surface area contributed by atoms with E-state index in [2.05, 4.69) is 11.3 Å². The highest BCUT2D eigenvalue weighted by Crippen LogP contribution is 2.12. The highest BCUT2D eigenvalue weighted by atomic mass is 32.2. The summed E-state index contributed by atoms with van der Waals surface area (Å²) in [5.41, 5.74) is 0. The Bertz CT molecular complexity index is 120. The fourth-order valence-electron chi connectivity index (χ4n) is 0.347. The molecule has 0 spiro atoms. The van der Waals surface area contributed by atoms with Crippen LogP contribution in [-0.2, 0) is 9.53 Å². The highest BCUT2D eigenvalue weighted by Gasteiger charge is 2.03. The second-order valence-electron chi connectivity index (χ2n) is 1.35. The maximum absolute atomic E-state index is 10.6. The van der Waals surface area contributed by atoms with E-state index in [0.717, 1.165) is 5.75 Å². The highest BCUT2D eigenvalue weighted by molar-refractivity contribution is 8.03. The van der Waals surface area contributed by atoms with Crippen LogP contribution in [0.15, 0.2) is 11.5 Å². The zero-order valence-electron chi connectivity index (χ0n) is 5.64. The number of carbonyl (C=O) groups is 1. The van der Waals surface area contributed by atoms with Crippen LogP contribution in [0.25, 0.3) is 0 Å². The number of methoxy groups -OCH3 is 1. The summed E-state index contributed by atoms with van der Waals surface area (Å²) in [6.45, 7) is 5.46. The van der Waals surface area contributed by atoms with Gasteiger partial charge in [-0.05, 0) is 5.75 Å². The van der Waals surface area contributed by atoms with Crippen LogP contribution < -0.4 is 0 Å². The summed E-state index contributed by atoms with van der Waals surface area (Å²) in [6, 6.07) is 0. The molecule has 0 aliphatic carbocycles. The molecule has 0 saturated heterocycles. The minimum absolute atomic E-state index is 0.332. The molecular weight excluding hydrogens is 136 g/mol. The van der Waals surface area contributed by atoms with Gasteiger partial charge in [-0.2, -0.15) is 0 Å². The average molecular weight is 146 g/mol. The van der Waals surface area contributed by atoms with E-state index in [4.69, 9.17) is 0 Å². The van der Waals surface area contributed by atoms with Crippen LogP contribution >= 0.6 is 11.8 Å². The lowest BCUT2D eigenvalue weighted by atomic mass is 10.6. The Labute approximate surface area is 59.3 Å². The van der Waals surface area contributed by atoms with E-state index < -0.39 is 0 Å². The fraction of sp³-hybridized carbons (Fsp3) is 0.500. The quantitative estimate of drug-likeness (QED) is 0.445. The van der Waals surface area contributed by atoms with Crippen LogP contribution in [0.1, 0.15) is 6.92 Å². The van der Waals surface area contributed by atoms with Gasteiger partial charge in [0.25, 0.3) is 0 Å². The number of rotatable bonds is 3. The van der Waals surface area contributed by atoms with Gasteiger partial charge < -0.3 is 4.74 Å². The van der Waals surface area contributed by atoms with Gasteiger partial charge in [-0.3, -0.25) is 0 Å². The number of esters is 1. The number of hydrogen-bond donors (Lipinski definition) is 0. The van der Waals surface area contributed by atoms with Crippen LogP contribution in [0.2, 0.25) is 0 Å². The molecule has 0 bridgehead atoms. The van der Waals surface area contributed by atoms with E-state index in [-0.39, 0.29) is 5.97 Å².